The fourth-order valence-electron chi connectivity index (χ4n) is 3.28. The molecule has 0 bridgehead atoms. The largest absolute Gasteiger partial charge is 0.352 e. The highest BCUT2D eigenvalue weighted by Crippen LogP contribution is 2.31. The second-order valence-corrected chi connectivity index (χ2v) is 6.50. The smallest absolute Gasteiger partial charge is 0.237 e. The Balaban J connectivity index is 1.94. The number of nitrogens with one attached hydrogen (secondary N) is 2. The Labute approximate surface area is 105 Å². The van der Waals surface area contributed by atoms with Crippen molar-refractivity contribution in [3.63, 3.8) is 0 Å². The lowest BCUT2D eigenvalue weighted by Gasteiger charge is -2.39. The lowest BCUT2D eigenvalue weighted by atomic mass is 9.77. The summed E-state index contributed by atoms with van der Waals surface area (Å²) in [5.41, 5.74) is 0.0875. The minimum absolute atomic E-state index is 0.0101. The van der Waals surface area contributed by atoms with Gasteiger partial charge in [-0.1, -0.05) is 27.2 Å². The number of hydrogen-bond donors (Lipinski definition) is 2. The van der Waals surface area contributed by atoms with Crippen LogP contribution >= 0.6 is 0 Å². The molecule has 2 rings (SSSR count). The standard InChI is InChI=1S/C14H26N2O/c1-10-6-4-7-11(10)16-13(17)12-14(2,3)8-5-9-15-12/h10-12,15H,4-9H2,1-3H3,(H,16,17). The Bertz CT molecular complexity index is 288. The molecule has 1 heterocycles. The maximum atomic E-state index is 12.3. The van der Waals surface area contributed by atoms with Gasteiger partial charge in [0, 0.05) is 6.04 Å². The van der Waals surface area contributed by atoms with Crippen molar-refractivity contribution in [3.05, 3.63) is 0 Å². The Hall–Kier alpha value is -0.570. The van der Waals surface area contributed by atoms with Crippen LogP contribution in [-0.4, -0.2) is 24.5 Å². The molecule has 3 atom stereocenters. The maximum absolute atomic E-state index is 12.3. The van der Waals surface area contributed by atoms with Gasteiger partial charge in [0.15, 0.2) is 0 Å². The van der Waals surface area contributed by atoms with Crippen molar-refractivity contribution in [1.82, 2.24) is 10.6 Å². The second-order valence-electron chi connectivity index (χ2n) is 6.50. The first-order chi connectivity index (χ1) is 8.00. The van der Waals surface area contributed by atoms with E-state index in [4.69, 9.17) is 0 Å². The van der Waals surface area contributed by atoms with E-state index in [1.807, 2.05) is 0 Å². The topological polar surface area (TPSA) is 41.1 Å². The molecule has 1 saturated heterocycles. The highest BCUT2D eigenvalue weighted by Gasteiger charge is 2.38. The zero-order valence-corrected chi connectivity index (χ0v) is 11.4. The van der Waals surface area contributed by atoms with Crippen LogP contribution in [0.2, 0.25) is 0 Å². The van der Waals surface area contributed by atoms with Crippen LogP contribution in [0, 0.1) is 11.3 Å². The summed E-state index contributed by atoms with van der Waals surface area (Å²) in [6.45, 7) is 7.61. The van der Waals surface area contributed by atoms with Gasteiger partial charge in [-0.3, -0.25) is 4.79 Å². The molecule has 3 nitrogen and oxygen atoms in total. The van der Waals surface area contributed by atoms with Crippen LogP contribution in [0.3, 0.4) is 0 Å². The third-order valence-electron chi connectivity index (χ3n) is 4.58. The summed E-state index contributed by atoms with van der Waals surface area (Å²) in [7, 11) is 0. The van der Waals surface area contributed by atoms with Gasteiger partial charge in [-0.2, -0.15) is 0 Å². The van der Waals surface area contributed by atoms with Gasteiger partial charge in [-0.05, 0) is 43.6 Å². The summed E-state index contributed by atoms with van der Waals surface area (Å²) in [5, 5.41) is 6.64. The van der Waals surface area contributed by atoms with Gasteiger partial charge in [0.25, 0.3) is 0 Å². The number of piperidine rings is 1. The Morgan fingerprint density at radius 3 is 2.65 bits per heavy atom. The molecule has 0 spiro atoms. The molecule has 1 amide bonds. The third-order valence-corrected chi connectivity index (χ3v) is 4.58. The molecule has 1 aliphatic carbocycles. The van der Waals surface area contributed by atoms with E-state index in [1.165, 1.54) is 19.3 Å². The van der Waals surface area contributed by atoms with E-state index in [0.717, 1.165) is 19.4 Å². The molecule has 2 fully saturated rings. The number of carbonyl (C=O) groups is 1. The van der Waals surface area contributed by atoms with E-state index in [1.54, 1.807) is 0 Å². The Kier molecular flexibility index (Phi) is 3.76. The van der Waals surface area contributed by atoms with Gasteiger partial charge in [-0.15, -0.1) is 0 Å². The van der Waals surface area contributed by atoms with Crippen LogP contribution in [0.5, 0.6) is 0 Å². The molecule has 3 heteroatoms. The van der Waals surface area contributed by atoms with Gasteiger partial charge in [-0.25, -0.2) is 0 Å². The molecule has 17 heavy (non-hydrogen) atoms. The van der Waals surface area contributed by atoms with Crippen LogP contribution in [-0.2, 0) is 4.79 Å². The average molecular weight is 238 g/mol. The summed E-state index contributed by atoms with van der Waals surface area (Å²) >= 11 is 0. The fraction of sp³-hybridized carbons (Fsp3) is 0.929. The van der Waals surface area contributed by atoms with Gasteiger partial charge in [0.1, 0.15) is 0 Å². The van der Waals surface area contributed by atoms with E-state index in [2.05, 4.69) is 31.4 Å². The van der Waals surface area contributed by atoms with Crippen molar-refractivity contribution < 1.29 is 4.79 Å². The number of amides is 1. The van der Waals surface area contributed by atoms with E-state index in [9.17, 15) is 4.79 Å². The lowest BCUT2D eigenvalue weighted by molar-refractivity contribution is -0.127. The first-order valence-electron chi connectivity index (χ1n) is 7.04. The zero-order valence-electron chi connectivity index (χ0n) is 11.4. The van der Waals surface area contributed by atoms with Crippen LogP contribution < -0.4 is 10.6 Å². The van der Waals surface area contributed by atoms with Gasteiger partial charge >= 0.3 is 0 Å². The maximum Gasteiger partial charge on any atom is 0.237 e. The van der Waals surface area contributed by atoms with E-state index >= 15 is 0 Å². The molecule has 0 aromatic carbocycles. The molecule has 1 aliphatic heterocycles. The Morgan fingerprint density at radius 2 is 2.06 bits per heavy atom. The van der Waals surface area contributed by atoms with Crippen molar-refractivity contribution in [2.75, 3.05) is 6.54 Å². The SMILES string of the molecule is CC1CCCC1NC(=O)C1NCCCC1(C)C. The number of carbonyl (C=O) groups excluding carboxylic acids is 1. The summed E-state index contributed by atoms with van der Waals surface area (Å²) in [6.07, 6.45) is 5.98. The molecule has 98 valence electrons. The first kappa shape index (κ1) is 12.9. The molecule has 2 aliphatic rings. The molecule has 2 N–H and O–H groups in total. The van der Waals surface area contributed by atoms with E-state index in [-0.39, 0.29) is 17.4 Å². The molecular weight excluding hydrogens is 212 g/mol. The van der Waals surface area contributed by atoms with Crippen molar-refractivity contribution >= 4 is 5.91 Å². The van der Waals surface area contributed by atoms with Crippen molar-refractivity contribution in [1.29, 1.82) is 0 Å². The third kappa shape index (κ3) is 2.82. The summed E-state index contributed by atoms with van der Waals surface area (Å²) < 4.78 is 0. The molecule has 1 saturated carbocycles. The minimum atomic E-state index is -0.0101. The molecule has 0 radical (unpaired) electrons. The Morgan fingerprint density at radius 1 is 1.29 bits per heavy atom. The molecule has 0 aromatic heterocycles. The first-order valence-corrected chi connectivity index (χ1v) is 7.04. The van der Waals surface area contributed by atoms with Gasteiger partial charge in [0.05, 0.1) is 6.04 Å². The highest BCUT2D eigenvalue weighted by molar-refractivity contribution is 5.83. The van der Waals surface area contributed by atoms with Crippen LogP contribution in [0.15, 0.2) is 0 Å². The monoisotopic (exact) mass is 238 g/mol. The van der Waals surface area contributed by atoms with Crippen molar-refractivity contribution in [2.24, 2.45) is 11.3 Å². The predicted molar refractivity (Wildman–Crippen MR) is 69.8 cm³/mol. The van der Waals surface area contributed by atoms with E-state index in [0.29, 0.717) is 12.0 Å². The lowest BCUT2D eigenvalue weighted by Crippen LogP contribution is -2.57. The van der Waals surface area contributed by atoms with Crippen molar-refractivity contribution in [2.45, 2.75) is 65.0 Å². The molecular formula is C14H26N2O. The fourth-order valence-corrected chi connectivity index (χ4v) is 3.28. The van der Waals surface area contributed by atoms with Crippen LogP contribution in [0.4, 0.5) is 0 Å². The predicted octanol–water partition coefficient (Wildman–Crippen LogP) is 2.07. The molecule has 0 aromatic rings. The van der Waals surface area contributed by atoms with Gasteiger partial charge < -0.3 is 10.6 Å². The van der Waals surface area contributed by atoms with Gasteiger partial charge in [0.2, 0.25) is 5.91 Å². The number of rotatable bonds is 2. The normalized spacial score (nSPS) is 36.8. The highest BCUT2D eigenvalue weighted by atomic mass is 16.2. The summed E-state index contributed by atoms with van der Waals surface area (Å²) in [4.78, 5) is 12.3. The summed E-state index contributed by atoms with van der Waals surface area (Å²) in [6, 6.07) is 0.395. The average Bonchev–Trinajstić information content (AvgIpc) is 2.63. The van der Waals surface area contributed by atoms with Crippen molar-refractivity contribution in [3.8, 4) is 0 Å². The van der Waals surface area contributed by atoms with Crippen LogP contribution in [0.25, 0.3) is 0 Å². The zero-order chi connectivity index (χ0) is 12.5. The minimum Gasteiger partial charge on any atom is -0.352 e. The van der Waals surface area contributed by atoms with E-state index < -0.39 is 0 Å². The quantitative estimate of drug-likeness (QED) is 0.773. The number of hydrogen-bond acceptors (Lipinski definition) is 2. The molecule has 3 unspecified atom stereocenters. The summed E-state index contributed by atoms with van der Waals surface area (Å²) in [5.74, 6) is 0.860. The van der Waals surface area contributed by atoms with Crippen LogP contribution in [0.1, 0.15) is 52.9 Å². The second kappa shape index (κ2) is 4.97.